The molecule has 1 N–H and O–H groups in total. The average molecular weight is 280 g/mol. The minimum absolute atomic E-state index is 0.232. The van der Waals surface area contributed by atoms with Crippen LogP contribution < -0.4 is 0 Å². The van der Waals surface area contributed by atoms with Gasteiger partial charge in [0.1, 0.15) is 17.0 Å². The van der Waals surface area contributed by atoms with E-state index in [2.05, 4.69) is 6.92 Å². The molecule has 0 aromatic heterocycles. The summed E-state index contributed by atoms with van der Waals surface area (Å²) in [6.07, 6.45) is 2.39. The highest BCUT2D eigenvalue weighted by Crippen LogP contribution is 2.42. The van der Waals surface area contributed by atoms with Crippen molar-refractivity contribution in [3.8, 4) is 0 Å². The van der Waals surface area contributed by atoms with Crippen molar-refractivity contribution in [1.29, 1.82) is 0 Å². The van der Waals surface area contributed by atoms with E-state index in [-0.39, 0.29) is 25.2 Å². The van der Waals surface area contributed by atoms with Crippen LogP contribution in [0.15, 0.2) is 0 Å². The normalized spacial score (nSPS) is 29.4. The highest BCUT2D eigenvalue weighted by Gasteiger charge is 2.54. The standard InChI is InChI=1S/C15H20O5/c1-2-9-3-4-10(5-9)13(18)15(14(19)20)7-11(16)6-12(17)8-15/h9-10H,2-8H2,1H3,(H,19,20). The van der Waals surface area contributed by atoms with Crippen LogP contribution in [0, 0.1) is 17.3 Å². The lowest BCUT2D eigenvalue weighted by Gasteiger charge is -2.32. The summed E-state index contributed by atoms with van der Waals surface area (Å²) >= 11 is 0. The predicted octanol–water partition coefficient (Wildman–Crippen LogP) is 1.77. The molecular weight excluding hydrogens is 260 g/mol. The van der Waals surface area contributed by atoms with Crippen LogP contribution in [0.25, 0.3) is 0 Å². The van der Waals surface area contributed by atoms with Crippen LogP contribution in [0.4, 0.5) is 0 Å². The zero-order chi connectivity index (χ0) is 14.9. The molecule has 2 unspecified atom stereocenters. The van der Waals surface area contributed by atoms with Crippen molar-refractivity contribution in [3.63, 3.8) is 0 Å². The Bertz CT molecular complexity index is 449. The maximum atomic E-state index is 12.6. The molecule has 2 atom stereocenters. The zero-order valence-corrected chi connectivity index (χ0v) is 11.7. The van der Waals surface area contributed by atoms with Crippen molar-refractivity contribution >= 4 is 23.3 Å². The molecule has 0 amide bonds. The number of rotatable bonds is 4. The first-order valence-electron chi connectivity index (χ1n) is 7.20. The van der Waals surface area contributed by atoms with E-state index in [0.29, 0.717) is 18.8 Å². The van der Waals surface area contributed by atoms with Gasteiger partial charge in [0.05, 0.1) is 6.42 Å². The molecule has 2 fully saturated rings. The number of carbonyl (C=O) groups excluding carboxylic acids is 3. The van der Waals surface area contributed by atoms with E-state index in [1.165, 1.54) is 0 Å². The molecule has 0 bridgehead atoms. The Hall–Kier alpha value is -1.52. The van der Waals surface area contributed by atoms with Crippen molar-refractivity contribution in [2.45, 2.75) is 51.9 Å². The second-order valence-electron chi connectivity index (χ2n) is 6.14. The predicted molar refractivity (Wildman–Crippen MR) is 70.1 cm³/mol. The SMILES string of the molecule is CCC1CCC(C(=O)C2(C(=O)O)CC(=O)CC(=O)C2)C1. The molecule has 110 valence electrons. The van der Waals surface area contributed by atoms with Crippen molar-refractivity contribution < 1.29 is 24.3 Å². The Balaban J connectivity index is 2.24. The van der Waals surface area contributed by atoms with Crippen LogP contribution in [-0.2, 0) is 19.2 Å². The zero-order valence-electron chi connectivity index (χ0n) is 11.7. The summed E-state index contributed by atoms with van der Waals surface area (Å²) in [7, 11) is 0. The van der Waals surface area contributed by atoms with Crippen molar-refractivity contribution in [1.82, 2.24) is 0 Å². The van der Waals surface area contributed by atoms with Gasteiger partial charge < -0.3 is 5.11 Å². The second kappa shape index (κ2) is 5.46. The van der Waals surface area contributed by atoms with E-state index in [1.54, 1.807) is 0 Å². The summed E-state index contributed by atoms with van der Waals surface area (Å²) in [5.74, 6) is -2.44. The van der Waals surface area contributed by atoms with E-state index < -0.39 is 28.7 Å². The number of carbonyl (C=O) groups is 4. The van der Waals surface area contributed by atoms with Gasteiger partial charge in [0.2, 0.25) is 0 Å². The molecule has 0 spiro atoms. The summed E-state index contributed by atoms with van der Waals surface area (Å²) in [4.78, 5) is 47.4. The fourth-order valence-electron chi connectivity index (χ4n) is 3.59. The molecule has 0 radical (unpaired) electrons. The first-order valence-corrected chi connectivity index (χ1v) is 7.20. The quantitative estimate of drug-likeness (QED) is 0.793. The highest BCUT2D eigenvalue weighted by atomic mass is 16.4. The van der Waals surface area contributed by atoms with Gasteiger partial charge in [-0.1, -0.05) is 13.3 Å². The second-order valence-corrected chi connectivity index (χ2v) is 6.14. The Kier molecular flexibility index (Phi) is 4.06. The molecule has 0 aromatic rings. The van der Waals surface area contributed by atoms with Crippen LogP contribution in [0.5, 0.6) is 0 Å². The number of carboxylic acids is 1. The number of hydrogen-bond acceptors (Lipinski definition) is 4. The average Bonchev–Trinajstić information content (AvgIpc) is 2.84. The van der Waals surface area contributed by atoms with E-state index in [0.717, 1.165) is 12.8 Å². The smallest absolute Gasteiger partial charge is 0.318 e. The molecule has 0 aliphatic heterocycles. The van der Waals surface area contributed by atoms with E-state index >= 15 is 0 Å². The van der Waals surface area contributed by atoms with Crippen LogP contribution in [0.3, 0.4) is 0 Å². The van der Waals surface area contributed by atoms with Crippen LogP contribution >= 0.6 is 0 Å². The molecule has 2 aliphatic carbocycles. The Morgan fingerprint density at radius 3 is 2.25 bits per heavy atom. The van der Waals surface area contributed by atoms with Crippen LogP contribution in [0.2, 0.25) is 0 Å². The largest absolute Gasteiger partial charge is 0.480 e. The molecule has 2 aliphatic rings. The molecule has 20 heavy (non-hydrogen) atoms. The maximum Gasteiger partial charge on any atom is 0.318 e. The number of ketones is 3. The van der Waals surface area contributed by atoms with Gasteiger partial charge in [-0.05, 0) is 25.2 Å². The van der Waals surface area contributed by atoms with Gasteiger partial charge in [-0.3, -0.25) is 19.2 Å². The van der Waals surface area contributed by atoms with Gasteiger partial charge in [0.25, 0.3) is 0 Å². The Morgan fingerprint density at radius 2 is 1.80 bits per heavy atom. The van der Waals surface area contributed by atoms with Crippen LogP contribution in [0.1, 0.15) is 51.9 Å². The molecule has 0 saturated heterocycles. The van der Waals surface area contributed by atoms with Gasteiger partial charge in [0.15, 0.2) is 5.78 Å². The van der Waals surface area contributed by atoms with Crippen LogP contribution in [-0.4, -0.2) is 28.4 Å². The van der Waals surface area contributed by atoms with Gasteiger partial charge in [-0.25, -0.2) is 0 Å². The highest BCUT2D eigenvalue weighted by molar-refractivity contribution is 6.15. The summed E-state index contributed by atoms with van der Waals surface area (Å²) in [5.41, 5.74) is -1.79. The van der Waals surface area contributed by atoms with Gasteiger partial charge >= 0.3 is 5.97 Å². The van der Waals surface area contributed by atoms with Crippen molar-refractivity contribution in [2.75, 3.05) is 0 Å². The third-order valence-corrected chi connectivity index (χ3v) is 4.76. The minimum atomic E-state index is -1.79. The Morgan fingerprint density at radius 1 is 1.20 bits per heavy atom. The van der Waals surface area contributed by atoms with E-state index in [4.69, 9.17) is 0 Å². The van der Waals surface area contributed by atoms with E-state index in [1.807, 2.05) is 0 Å². The monoisotopic (exact) mass is 280 g/mol. The number of carboxylic acid groups (broad SMARTS) is 1. The lowest BCUT2D eigenvalue weighted by atomic mass is 9.67. The third-order valence-electron chi connectivity index (χ3n) is 4.76. The summed E-state index contributed by atoms with van der Waals surface area (Å²) in [5, 5.41) is 9.45. The van der Waals surface area contributed by atoms with Gasteiger partial charge in [0, 0.05) is 18.8 Å². The molecule has 5 nitrogen and oxygen atoms in total. The summed E-state index contributed by atoms with van der Waals surface area (Å²) in [6, 6.07) is 0. The Labute approximate surface area is 117 Å². The molecular formula is C15H20O5. The third kappa shape index (κ3) is 2.53. The minimum Gasteiger partial charge on any atom is -0.480 e. The lowest BCUT2D eigenvalue weighted by molar-refractivity contribution is -0.163. The summed E-state index contributed by atoms with van der Waals surface area (Å²) < 4.78 is 0. The topological polar surface area (TPSA) is 88.5 Å². The number of hydrogen-bond donors (Lipinski definition) is 1. The number of Topliss-reactive ketones (excluding diaryl/α,β-unsaturated/α-hetero) is 3. The molecule has 2 saturated carbocycles. The van der Waals surface area contributed by atoms with Crippen molar-refractivity contribution in [2.24, 2.45) is 17.3 Å². The first-order chi connectivity index (χ1) is 9.39. The van der Waals surface area contributed by atoms with Gasteiger partial charge in [-0.15, -0.1) is 0 Å². The fraction of sp³-hybridized carbons (Fsp3) is 0.733. The van der Waals surface area contributed by atoms with Crippen molar-refractivity contribution in [3.05, 3.63) is 0 Å². The summed E-state index contributed by atoms with van der Waals surface area (Å²) in [6.45, 7) is 2.05. The maximum absolute atomic E-state index is 12.6. The molecule has 0 aromatic carbocycles. The molecule has 2 rings (SSSR count). The molecule has 0 heterocycles. The lowest BCUT2D eigenvalue weighted by Crippen LogP contribution is -2.48. The van der Waals surface area contributed by atoms with E-state index in [9.17, 15) is 24.3 Å². The molecule has 5 heteroatoms. The first kappa shape index (κ1) is 14.9. The van der Waals surface area contributed by atoms with Gasteiger partial charge in [-0.2, -0.15) is 0 Å². The fourth-order valence-corrected chi connectivity index (χ4v) is 3.59. The number of aliphatic carboxylic acids is 1.